The Morgan fingerprint density at radius 2 is 1.00 bits per heavy atom. The third kappa shape index (κ3) is 4.60. The second-order valence-corrected chi connectivity index (χ2v) is 7.04. The minimum absolute atomic E-state index is 0.280. The Hall–Kier alpha value is -2.34. The first kappa shape index (κ1) is 17.5. The molecule has 1 aromatic heterocycles. The predicted octanol–water partition coefficient (Wildman–Crippen LogP) is 5.56. The Bertz CT molecular complexity index is 832. The summed E-state index contributed by atoms with van der Waals surface area (Å²) in [5, 5.41) is 6.71. The number of carbonyl (C=O) groups is 2. The van der Waals surface area contributed by atoms with Gasteiger partial charge in [0.1, 0.15) is 0 Å². The first-order valence-corrected chi connectivity index (χ1v) is 8.82. The van der Waals surface area contributed by atoms with Crippen LogP contribution in [0.2, 0.25) is 10.0 Å². The lowest BCUT2D eigenvalue weighted by Gasteiger charge is -2.04. The van der Waals surface area contributed by atoms with Crippen LogP contribution in [-0.4, -0.2) is 11.8 Å². The standard InChI is InChI=1S/C18H12Cl2N2O2S/c19-11-1-5-13(6-2-11)21-17(23)15-9-10-16(25-15)18(24)22-14-7-3-12(20)4-8-14/h1-10H,(H,21,23)(H,22,24). The average molecular weight is 391 g/mol. The summed E-state index contributed by atoms with van der Waals surface area (Å²) in [5.74, 6) is -0.560. The molecule has 0 aliphatic rings. The average Bonchev–Trinajstić information content (AvgIpc) is 3.09. The fourth-order valence-corrected chi connectivity index (χ4v) is 3.08. The first-order valence-electron chi connectivity index (χ1n) is 7.25. The first-order chi connectivity index (χ1) is 12.0. The van der Waals surface area contributed by atoms with Crippen molar-refractivity contribution in [1.29, 1.82) is 0 Å². The lowest BCUT2D eigenvalue weighted by Crippen LogP contribution is -2.11. The van der Waals surface area contributed by atoms with Crippen LogP contribution in [0.3, 0.4) is 0 Å². The largest absolute Gasteiger partial charge is 0.321 e. The summed E-state index contributed by atoms with van der Waals surface area (Å²) in [6, 6.07) is 16.8. The molecule has 0 spiro atoms. The molecule has 0 atom stereocenters. The maximum absolute atomic E-state index is 12.3. The number of amides is 2. The summed E-state index contributed by atoms with van der Waals surface area (Å²) in [6.07, 6.45) is 0. The van der Waals surface area contributed by atoms with E-state index in [0.717, 1.165) is 11.3 Å². The molecule has 0 unspecified atom stereocenters. The highest BCUT2D eigenvalue weighted by molar-refractivity contribution is 7.16. The molecule has 25 heavy (non-hydrogen) atoms. The van der Waals surface area contributed by atoms with Gasteiger partial charge in [0.25, 0.3) is 11.8 Å². The molecule has 0 bridgehead atoms. The zero-order valence-corrected chi connectivity index (χ0v) is 15.1. The topological polar surface area (TPSA) is 58.2 Å². The van der Waals surface area contributed by atoms with E-state index >= 15 is 0 Å². The minimum Gasteiger partial charge on any atom is -0.321 e. The van der Waals surface area contributed by atoms with Gasteiger partial charge in [-0.1, -0.05) is 23.2 Å². The van der Waals surface area contributed by atoms with Gasteiger partial charge in [-0.3, -0.25) is 9.59 Å². The summed E-state index contributed by atoms with van der Waals surface area (Å²) >= 11 is 12.7. The lowest BCUT2D eigenvalue weighted by molar-refractivity contribution is 0.102. The highest BCUT2D eigenvalue weighted by Crippen LogP contribution is 2.21. The van der Waals surface area contributed by atoms with Gasteiger partial charge in [-0.05, 0) is 60.7 Å². The van der Waals surface area contributed by atoms with Crippen LogP contribution in [0.5, 0.6) is 0 Å². The predicted molar refractivity (Wildman–Crippen MR) is 103 cm³/mol. The van der Waals surface area contributed by atoms with E-state index in [1.54, 1.807) is 60.7 Å². The minimum atomic E-state index is -0.280. The van der Waals surface area contributed by atoms with Crippen LogP contribution in [0.1, 0.15) is 19.3 Å². The maximum atomic E-state index is 12.3. The number of carbonyl (C=O) groups excluding carboxylic acids is 2. The second kappa shape index (κ2) is 7.70. The number of rotatable bonds is 4. The number of thiophene rings is 1. The Labute approximate surface area is 158 Å². The highest BCUT2D eigenvalue weighted by Gasteiger charge is 2.14. The molecule has 126 valence electrons. The van der Waals surface area contributed by atoms with Crippen LogP contribution >= 0.6 is 34.5 Å². The van der Waals surface area contributed by atoms with E-state index in [0.29, 0.717) is 31.2 Å². The van der Waals surface area contributed by atoms with Crippen LogP contribution in [0.25, 0.3) is 0 Å². The van der Waals surface area contributed by atoms with Crippen LogP contribution in [-0.2, 0) is 0 Å². The molecule has 0 aliphatic heterocycles. The third-order valence-corrected chi connectivity index (χ3v) is 4.84. The van der Waals surface area contributed by atoms with E-state index in [1.807, 2.05) is 0 Å². The van der Waals surface area contributed by atoms with Crippen molar-refractivity contribution < 1.29 is 9.59 Å². The summed E-state index contributed by atoms with van der Waals surface area (Å²) < 4.78 is 0. The van der Waals surface area contributed by atoms with Crippen molar-refractivity contribution in [3.05, 3.63) is 80.5 Å². The molecule has 1 heterocycles. The van der Waals surface area contributed by atoms with Gasteiger partial charge in [0.15, 0.2) is 0 Å². The summed E-state index contributed by atoms with van der Waals surface area (Å²) in [5.41, 5.74) is 1.27. The molecule has 3 aromatic rings. The Morgan fingerprint density at radius 1 is 0.640 bits per heavy atom. The molecule has 7 heteroatoms. The van der Waals surface area contributed by atoms with E-state index < -0.39 is 0 Å². The van der Waals surface area contributed by atoms with Crippen molar-refractivity contribution in [3.63, 3.8) is 0 Å². The zero-order chi connectivity index (χ0) is 17.8. The molecule has 0 saturated carbocycles. The lowest BCUT2D eigenvalue weighted by atomic mass is 10.3. The fraction of sp³-hybridized carbons (Fsp3) is 0. The van der Waals surface area contributed by atoms with E-state index in [4.69, 9.17) is 23.2 Å². The molecule has 2 N–H and O–H groups in total. The van der Waals surface area contributed by atoms with Crippen molar-refractivity contribution in [1.82, 2.24) is 0 Å². The fourth-order valence-electron chi connectivity index (χ4n) is 2.03. The van der Waals surface area contributed by atoms with Crippen LogP contribution in [0.4, 0.5) is 11.4 Å². The SMILES string of the molecule is O=C(Nc1ccc(Cl)cc1)c1ccc(C(=O)Nc2ccc(Cl)cc2)s1. The summed E-state index contributed by atoms with van der Waals surface area (Å²) in [4.78, 5) is 25.4. The molecule has 0 aliphatic carbocycles. The van der Waals surface area contributed by atoms with Gasteiger partial charge in [-0.15, -0.1) is 11.3 Å². The highest BCUT2D eigenvalue weighted by atomic mass is 35.5. The van der Waals surface area contributed by atoms with E-state index in [9.17, 15) is 9.59 Å². The number of hydrogen-bond acceptors (Lipinski definition) is 3. The smallest absolute Gasteiger partial charge is 0.265 e. The Kier molecular flexibility index (Phi) is 5.38. The third-order valence-electron chi connectivity index (χ3n) is 3.26. The zero-order valence-electron chi connectivity index (χ0n) is 12.8. The van der Waals surface area contributed by atoms with Crippen LogP contribution < -0.4 is 10.6 Å². The van der Waals surface area contributed by atoms with Gasteiger partial charge in [-0.2, -0.15) is 0 Å². The van der Waals surface area contributed by atoms with E-state index in [-0.39, 0.29) is 11.8 Å². The quantitative estimate of drug-likeness (QED) is 0.612. The second-order valence-electron chi connectivity index (χ2n) is 5.09. The number of nitrogens with one attached hydrogen (secondary N) is 2. The molecule has 4 nitrogen and oxygen atoms in total. The van der Waals surface area contributed by atoms with Gasteiger partial charge in [0.2, 0.25) is 0 Å². The molecule has 0 radical (unpaired) electrons. The van der Waals surface area contributed by atoms with Gasteiger partial charge < -0.3 is 10.6 Å². The number of anilines is 2. The van der Waals surface area contributed by atoms with Gasteiger partial charge in [0, 0.05) is 21.4 Å². The molecule has 0 fully saturated rings. The van der Waals surface area contributed by atoms with Crippen molar-refractivity contribution >= 4 is 57.7 Å². The molecule has 0 saturated heterocycles. The maximum Gasteiger partial charge on any atom is 0.265 e. The van der Waals surface area contributed by atoms with Crippen molar-refractivity contribution in [2.24, 2.45) is 0 Å². The molecule has 2 amide bonds. The van der Waals surface area contributed by atoms with E-state index in [2.05, 4.69) is 10.6 Å². The number of hydrogen-bond donors (Lipinski definition) is 2. The van der Waals surface area contributed by atoms with Gasteiger partial charge in [0.05, 0.1) is 9.75 Å². The number of halogens is 2. The van der Waals surface area contributed by atoms with Gasteiger partial charge >= 0.3 is 0 Å². The molecule has 2 aromatic carbocycles. The van der Waals surface area contributed by atoms with Gasteiger partial charge in [-0.25, -0.2) is 0 Å². The molecular formula is C18H12Cl2N2O2S. The molecular weight excluding hydrogens is 379 g/mol. The normalized spacial score (nSPS) is 10.3. The Balaban J connectivity index is 1.66. The van der Waals surface area contributed by atoms with Crippen LogP contribution in [0, 0.1) is 0 Å². The van der Waals surface area contributed by atoms with Crippen molar-refractivity contribution in [2.45, 2.75) is 0 Å². The van der Waals surface area contributed by atoms with Crippen molar-refractivity contribution in [2.75, 3.05) is 10.6 Å². The van der Waals surface area contributed by atoms with E-state index in [1.165, 1.54) is 0 Å². The summed E-state index contributed by atoms with van der Waals surface area (Å²) in [7, 11) is 0. The monoisotopic (exact) mass is 390 g/mol. The summed E-state index contributed by atoms with van der Waals surface area (Å²) in [6.45, 7) is 0. The Morgan fingerprint density at radius 3 is 1.36 bits per heavy atom. The number of benzene rings is 2. The van der Waals surface area contributed by atoms with Crippen molar-refractivity contribution in [3.8, 4) is 0 Å². The molecule has 3 rings (SSSR count). The van der Waals surface area contributed by atoms with Crippen LogP contribution in [0.15, 0.2) is 60.7 Å².